The lowest BCUT2D eigenvalue weighted by atomic mass is 9.94. The Morgan fingerprint density at radius 3 is 2.59 bits per heavy atom. The number of benzene rings is 1. The van der Waals surface area contributed by atoms with Crippen LogP contribution < -0.4 is 5.32 Å². The molecule has 1 unspecified atom stereocenters. The van der Waals surface area contributed by atoms with Crippen LogP contribution in [-0.2, 0) is 6.54 Å². The molecular weight excluding hydrogens is 217 g/mol. The molecule has 0 aromatic heterocycles. The molecule has 1 aromatic carbocycles. The topological polar surface area (TPSA) is 32.3 Å². The van der Waals surface area contributed by atoms with Gasteiger partial charge in [0.15, 0.2) is 0 Å². The Morgan fingerprint density at radius 1 is 1.35 bits per heavy atom. The molecule has 96 valence electrons. The molecule has 0 radical (unpaired) electrons. The van der Waals surface area contributed by atoms with Crippen LogP contribution in [0.3, 0.4) is 0 Å². The lowest BCUT2D eigenvalue weighted by Crippen LogP contribution is -2.38. The summed E-state index contributed by atoms with van der Waals surface area (Å²) in [4.78, 5) is 0. The highest BCUT2D eigenvalue weighted by Crippen LogP contribution is 2.15. The molecule has 0 saturated heterocycles. The third-order valence-electron chi connectivity index (χ3n) is 2.63. The molecule has 0 aliphatic carbocycles. The van der Waals surface area contributed by atoms with E-state index in [1.807, 2.05) is 6.07 Å². The summed E-state index contributed by atoms with van der Waals surface area (Å²) in [5, 5.41) is 13.2. The van der Waals surface area contributed by atoms with Crippen LogP contribution in [0.2, 0.25) is 0 Å². The van der Waals surface area contributed by atoms with Crippen LogP contribution in [0.25, 0.3) is 0 Å². The second kappa shape index (κ2) is 6.12. The summed E-state index contributed by atoms with van der Waals surface area (Å²) >= 11 is 0. The predicted molar refractivity (Wildman–Crippen MR) is 68.2 cm³/mol. The first-order valence-electron chi connectivity index (χ1n) is 6.07. The molecule has 0 amide bonds. The zero-order valence-corrected chi connectivity index (χ0v) is 10.8. The molecule has 0 aliphatic rings. The summed E-state index contributed by atoms with van der Waals surface area (Å²) in [7, 11) is 0. The van der Waals surface area contributed by atoms with Crippen molar-refractivity contribution in [3.05, 3.63) is 35.6 Å². The second-order valence-electron chi connectivity index (χ2n) is 5.29. The predicted octanol–water partition coefficient (Wildman–Crippen LogP) is 2.71. The quantitative estimate of drug-likeness (QED) is 0.800. The van der Waals surface area contributed by atoms with E-state index in [4.69, 9.17) is 0 Å². The SMILES string of the molecule is CC(C)CC(C)(O)CNCc1ccccc1F. The first-order chi connectivity index (χ1) is 7.91. The van der Waals surface area contributed by atoms with Crippen LogP contribution in [0.5, 0.6) is 0 Å². The molecule has 1 rings (SSSR count). The third kappa shape index (κ3) is 5.29. The van der Waals surface area contributed by atoms with Crippen molar-refractivity contribution in [3.8, 4) is 0 Å². The van der Waals surface area contributed by atoms with Gasteiger partial charge in [0.2, 0.25) is 0 Å². The molecule has 0 spiro atoms. The van der Waals surface area contributed by atoms with Gasteiger partial charge in [0.05, 0.1) is 5.60 Å². The van der Waals surface area contributed by atoms with Crippen LogP contribution in [0, 0.1) is 11.7 Å². The Balaban J connectivity index is 2.40. The molecule has 2 N–H and O–H groups in total. The average molecular weight is 239 g/mol. The molecule has 1 atom stereocenters. The lowest BCUT2D eigenvalue weighted by Gasteiger charge is -2.25. The summed E-state index contributed by atoms with van der Waals surface area (Å²) in [6, 6.07) is 6.68. The van der Waals surface area contributed by atoms with Gasteiger partial charge in [-0.3, -0.25) is 0 Å². The highest BCUT2D eigenvalue weighted by atomic mass is 19.1. The second-order valence-corrected chi connectivity index (χ2v) is 5.29. The maximum atomic E-state index is 13.3. The Labute approximate surface area is 103 Å². The smallest absolute Gasteiger partial charge is 0.127 e. The maximum absolute atomic E-state index is 13.3. The van der Waals surface area contributed by atoms with Crippen molar-refractivity contribution in [1.29, 1.82) is 0 Å². The first-order valence-corrected chi connectivity index (χ1v) is 6.07. The van der Waals surface area contributed by atoms with E-state index >= 15 is 0 Å². The summed E-state index contributed by atoms with van der Waals surface area (Å²) in [5.74, 6) is 0.240. The van der Waals surface area contributed by atoms with Crippen LogP contribution in [0.1, 0.15) is 32.8 Å². The van der Waals surface area contributed by atoms with E-state index in [-0.39, 0.29) is 5.82 Å². The van der Waals surface area contributed by atoms with Gasteiger partial charge in [-0.2, -0.15) is 0 Å². The number of aliphatic hydroxyl groups is 1. The minimum absolute atomic E-state index is 0.205. The van der Waals surface area contributed by atoms with Crippen molar-refractivity contribution in [2.24, 2.45) is 5.92 Å². The molecule has 0 heterocycles. The largest absolute Gasteiger partial charge is 0.389 e. The maximum Gasteiger partial charge on any atom is 0.127 e. The highest BCUT2D eigenvalue weighted by Gasteiger charge is 2.21. The third-order valence-corrected chi connectivity index (χ3v) is 2.63. The van der Waals surface area contributed by atoms with E-state index in [1.165, 1.54) is 6.07 Å². The zero-order chi connectivity index (χ0) is 12.9. The summed E-state index contributed by atoms with van der Waals surface area (Å²) < 4.78 is 13.3. The first kappa shape index (κ1) is 14.1. The van der Waals surface area contributed by atoms with Crippen molar-refractivity contribution >= 4 is 0 Å². The van der Waals surface area contributed by atoms with E-state index in [1.54, 1.807) is 19.1 Å². The molecule has 1 aromatic rings. The Bertz CT molecular complexity index is 350. The molecule has 17 heavy (non-hydrogen) atoms. The van der Waals surface area contributed by atoms with Gasteiger partial charge in [-0.25, -0.2) is 4.39 Å². The monoisotopic (exact) mass is 239 g/mol. The van der Waals surface area contributed by atoms with Crippen molar-refractivity contribution in [2.75, 3.05) is 6.54 Å². The number of hydrogen-bond donors (Lipinski definition) is 2. The van der Waals surface area contributed by atoms with Gasteiger partial charge in [-0.15, -0.1) is 0 Å². The number of rotatable bonds is 6. The highest BCUT2D eigenvalue weighted by molar-refractivity contribution is 5.16. The lowest BCUT2D eigenvalue weighted by molar-refractivity contribution is 0.0382. The van der Waals surface area contributed by atoms with Gasteiger partial charge < -0.3 is 10.4 Å². The van der Waals surface area contributed by atoms with Crippen LogP contribution in [-0.4, -0.2) is 17.3 Å². The fraction of sp³-hybridized carbons (Fsp3) is 0.571. The van der Waals surface area contributed by atoms with Crippen LogP contribution >= 0.6 is 0 Å². The number of nitrogens with one attached hydrogen (secondary N) is 1. The molecule has 3 heteroatoms. The summed E-state index contributed by atoms with van der Waals surface area (Å²) in [6.45, 7) is 6.87. The van der Waals surface area contributed by atoms with Crippen molar-refractivity contribution in [2.45, 2.75) is 39.3 Å². The van der Waals surface area contributed by atoms with Crippen LogP contribution in [0.4, 0.5) is 4.39 Å². The van der Waals surface area contributed by atoms with Crippen molar-refractivity contribution < 1.29 is 9.50 Å². The standard InChI is InChI=1S/C14H22FNO/c1-11(2)8-14(3,17)10-16-9-12-6-4-5-7-13(12)15/h4-7,11,16-17H,8-10H2,1-3H3. The fourth-order valence-corrected chi connectivity index (χ4v) is 2.06. The Hall–Kier alpha value is -0.930. The molecule has 0 fully saturated rings. The van der Waals surface area contributed by atoms with Crippen molar-refractivity contribution in [1.82, 2.24) is 5.32 Å². The van der Waals surface area contributed by atoms with Gasteiger partial charge in [-0.1, -0.05) is 32.0 Å². The van der Waals surface area contributed by atoms with E-state index in [0.717, 1.165) is 6.42 Å². The van der Waals surface area contributed by atoms with E-state index in [9.17, 15) is 9.50 Å². The Kier molecular flexibility index (Phi) is 5.09. The van der Waals surface area contributed by atoms with E-state index < -0.39 is 5.60 Å². The average Bonchev–Trinajstić information content (AvgIpc) is 2.18. The summed E-state index contributed by atoms with van der Waals surface area (Å²) in [5.41, 5.74) is -0.104. The van der Waals surface area contributed by atoms with E-state index in [2.05, 4.69) is 19.2 Å². The van der Waals surface area contributed by atoms with Gasteiger partial charge >= 0.3 is 0 Å². The van der Waals surface area contributed by atoms with E-state index in [0.29, 0.717) is 24.6 Å². The molecule has 2 nitrogen and oxygen atoms in total. The molecule has 0 bridgehead atoms. The number of halogens is 1. The minimum atomic E-state index is -0.737. The normalized spacial score (nSPS) is 14.9. The fourth-order valence-electron chi connectivity index (χ4n) is 2.06. The van der Waals surface area contributed by atoms with Crippen LogP contribution in [0.15, 0.2) is 24.3 Å². The summed E-state index contributed by atoms with van der Waals surface area (Å²) in [6.07, 6.45) is 0.733. The Morgan fingerprint density at radius 2 is 2.00 bits per heavy atom. The van der Waals surface area contributed by atoms with Gasteiger partial charge in [0.1, 0.15) is 5.82 Å². The van der Waals surface area contributed by atoms with Gasteiger partial charge in [0, 0.05) is 18.7 Å². The van der Waals surface area contributed by atoms with Gasteiger partial charge in [-0.05, 0) is 25.3 Å². The molecule has 0 saturated carbocycles. The van der Waals surface area contributed by atoms with Crippen molar-refractivity contribution in [3.63, 3.8) is 0 Å². The van der Waals surface area contributed by atoms with Gasteiger partial charge in [0.25, 0.3) is 0 Å². The molecule has 0 aliphatic heterocycles. The minimum Gasteiger partial charge on any atom is -0.389 e. The number of hydrogen-bond acceptors (Lipinski definition) is 2. The zero-order valence-electron chi connectivity index (χ0n) is 10.8. The molecular formula is C14H22FNO.